The number of rotatable bonds is 7. The maximum absolute atomic E-state index is 6.51. The number of fused-ring (bicyclic) bond motifs is 1. The molecule has 134 valence electrons. The first-order valence-corrected chi connectivity index (χ1v) is 11.3. The van der Waals surface area contributed by atoms with Gasteiger partial charge in [0.25, 0.3) is 0 Å². The predicted molar refractivity (Wildman–Crippen MR) is 108 cm³/mol. The Balaban J connectivity index is 1.58. The molecule has 3 atom stereocenters. The standard InChI is InChI=1S/C22H35NS/c1-3-12-24-13-10-17-5-6-19-15-20(8-7-18(19)14-17)21-9-11-22(23,4-2)16-21/h7-8,15,17,21H,3-6,9-14,16,23H2,1-2H3/t17-,21-,22+/m0/s1. The van der Waals surface area contributed by atoms with E-state index in [-0.39, 0.29) is 5.54 Å². The smallest absolute Gasteiger partial charge is 0.0157 e. The first-order valence-electron chi connectivity index (χ1n) is 10.1. The topological polar surface area (TPSA) is 26.0 Å². The second-order valence-electron chi connectivity index (χ2n) is 8.19. The van der Waals surface area contributed by atoms with Crippen molar-refractivity contribution in [2.45, 2.75) is 83.1 Å². The van der Waals surface area contributed by atoms with Gasteiger partial charge in [-0.05, 0) is 97.8 Å². The van der Waals surface area contributed by atoms with E-state index in [1.807, 2.05) is 0 Å². The van der Waals surface area contributed by atoms with Crippen LogP contribution < -0.4 is 5.73 Å². The predicted octanol–water partition coefficient (Wildman–Crippen LogP) is 5.70. The van der Waals surface area contributed by atoms with E-state index in [1.54, 1.807) is 16.7 Å². The summed E-state index contributed by atoms with van der Waals surface area (Å²) in [6.45, 7) is 4.52. The van der Waals surface area contributed by atoms with Crippen molar-refractivity contribution in [1.29, 1.82) is 0 Å². The molecular formula is C22H35NS. The van der Waals surface area contributed by atoms with Crippen LogP contribution in [0.25, 0.3) is 0 Å². The van der Waals surface area contributed by atoms with Gasteiger partial charge in [0, 0.05) is 5.54 Å². The van der Waals surface area contributed by atoms with Crippen LogP contribution in [0, 0.1) is 5.92 Å². The van der Waals surface area contributed by atoms with Crippen molar-refractivity contribution < 1.29 is 0 Å². The van der Waals surface area contributed by atoms with Crippen LogP contribution >= 0.6 is 11.8 Å². The van der Waals surface area contributed by atoms with Gasteiger partial charge in [-0.25, -0.2) is 0 Å². The van der Waals surface area contributed by atoms with Gasteiger partial charge in [0.1, 0.15) is 0 Å². The van der Waals surface area contributed by atoms with Crippen LogP contribution in [0.3, 0.4) is 0 Å². The summed E-state index contributed by atoms with van der Waals surface area (Å²) in [6.07, 6.45) is 11.5. The summed E-state index contributed by atoms with van der Waals surface area (Å²) >= 11 is 2.14. The molecule has 1 fully saturated rings. The van der Waals surface area contributed by atoms with E-state index in [9.17, 15) is 0 Å². The zero-order valence-electron chi connectivity index (χ0n) is 15.7. The lowest BCUT2D eigenvalue weighted by atomic mass is 9.80. The number of hydrogen-bond donors (Lipinski definition) is 1. The van der Waals surface area contributed by atoms with Gasteiger partial charge in [-0.3, -0.25) is 0 Å². The highest BCUT2D eigenvalue weighted by Gasteiger charge is 2.35. The third-order valence-electron chi connectivity index (χ3n) is 6.40. The molecule has 0 unspecified atom stereocenters. The lowest BCUT2D eigenvalue weighted by Crippen LogP contribution is -2.35. The molecule has 0 aromatic heterocycles. The van der Waals surface area contributed by atoms with Crippen LogP contribution in [0.5, 0.6) is 0 Å². The summed E-state index contributed by atoms with van der Waals surface area (Å²) in [5.74, 6) is 4.29. The fraction of sp³-hybridized carbons (Fsp3) is 0.727. The van der Waals surface area contributed by atoms with Crippen LogP contribution in [-0.4, -0.2) is 17.0 Å². The minimum atomic E-state index is 0.0990. The Morgan fingerprint density at radius 2 is 2.04 bits per heavy atom. The molecule has 0 saturated heterocycles. The van der Waals surface area contributed by atoms with E-state index < -0.39 is 0 Å². The maximum atomic E-state index is 6.51. The van der Waals surface area contributed by atoms with Gasteiger partial charge in [-0.2, -0.15) is 11.8 Å². The van der Waals surface area contributed by atoms with Crippen LogP contribution in [0.4, 0.5) is 0 Å². The van der Waals surface area contributed by atoms with Crippen molar-refractivity contribution in [2.75, 3.05) is 11.5 Å². The van der Waals surface area contributed by atoms with E-state index in [1.165, 1.54) is 62.9 Å². The number of aryl methyl sites for hydroxylation is 1. The summed E-state index contributed by atoms with van der Waals surface area (Å²) in [4.78, 5) is 0. The second-order valence-corrected chi connectivity index (χ2v) is 9.42. The SMILES string of the molecule is CCCSCC[C@@H]1CCc2cc([C@H]3CC[C@](N)(CC)C3)ccc2C1. The van der Waals surface area contributed by atoms with Crippen LogP contribution in [0.15, 0.2) is 18.2 Å². The van der Waals surface area contributed by atoms with Gasteiger partial charge in [-0.15, -0.1) is 0 Å². The molecule has 2 N–H and O–H groups in total. The summed E-state index contributed by atoms with van der Waals surface area (Å²) < 4.78 is 0. The third kappa shape index (κ3) is 4.38. The van der Waals surface area contributed by atoms with Crippen molar-refractivity contribution in [3.05, 3.63) is 34.9 Å². The second kappa shape index (κ2) is 8.27. The molecule has 2 aliphatic rings. The zero-order valence-corrected chi connectivity index (χ0v) is 16.5. The Morgan fingerprint density at radius 3 is 2.79 bits per heavy atom. The van der Waals surface area contributed by atoms with E-state index in [2.05, 4.69) is 43.8 Å². The highest BCUT2D eigenvalue weighted by molar-refractivity contribution is 7.99. The van der Waals surface area contributed by atoms with Gasteiger partial charge in [-0.1, -0.05) is 32.0 Å². The number of benzene rings is 1. The Morgan fingerprint density at radius 1 is 1.17 bits per heavy atom. The van der Waals surface area contributed by atoms with Gasteiger partial charge in [0.15, 0.2) is 0 Å². The lowest BCUT2D eigenvalue weighted by Gasteiger charge is -2.26. The molecule has 2 aliphatic carbocycles. The third-order valence-corrected chi connectivity index (χ3v) is 7.62. The maximum Gasteiger partial charge on any atom is 0.0157 e. The molecule has 0 heterocycles. The van der Waals surface area contributed by atoms with Crippen molar-refractivity contribution >= 4 is 11.8 Å². The minimum absolute atomic E-state index is 0.0990. The molecule has 0 bridgehead atoms. The molecule has 0 amide bonds. The zero-order chi connectivity index (χ0) is 17.0. The molecular weight excluding hydrogens is 310 g/mol. The Kier molecular flexibility index (Phi) is 6.32. The largest absolute Gasteiger partial charge is 0.325 e. The van der Waals surface area contributed by atoms with E-state index >= 15 is 0 Å². The number of hydrogen-bond acceptors (Lipinski definition) is 2. The van der Waals surface area contributed by atoms with Crippen LogP contribution in [0.2, 0.25) is 0 Å². The summed E-state index contributed by atoms with van der Waals surface area (Å²) in [5.41, 5.74) is 11.4. The minimum Gasteiger partial charge on any atom is -0.325 e. The molecule has 1 aromatic rings. The van der Waals surface area contributed by atoms with Crippen LogP contribution in [-0.2, 0) is 12.8 Å². The average Bonchev–Trinajstić information content (AvgIpc) is 3.01. The summed E-state index contributed by atoms with van der Waals surface area (Å²) in [7, 11) is 0. The molecule has 3 rings (SSSR count). The van der Waals surface area contributed by atoms with Crippen molar-refractivity contribution in [1.82, 2.24) is 0 Å². The summed E-state index contributed by atoms with van der Waals surface area (Å²) in [6, 6.07) is 7.39. The van der Waals surface area contributed by atoms with Gasteiger partial charge in [0.05, 0.1) is 0 Å². The molecule has 1 saturated carbocycles. The first kappa shape index (κ1) is 18.3. The van der Waals surface area contributed by atoms with E-state index in [0.29, 0.717) is 5.92 Å². The highest BCUT2D eigenvalue weighted by Crippen LogP contribution is 2.42. The Bertz CT molecular complexity index is 541. The first-order chi connectivity index (χ1) is 11.6. The van der Waals surface area contributed by atoms with Gasteiger partial charge >= 0.3 is 0 Å². The van der Waals surface area contributed by atoms with E-state index in [0.717, 1.165) is 12.3 Å². The Labute approximate surface area is 153 Å². The number of thioether (sulfide) groups is 1. The van der Waals surface area contributed by atoms with Crippen LogP contribution in [0.1, 0.15) is 81.4 Å². The van der Waals surface area contributed by atoms with Crippen molar-refractivity contribution in [3.63, 3.8) is 0 Å². The lowest BCUT2D eigenvalue weighted by molar-refractivity contribution is 0.418. The molecule has 2 heteroatoms. The molecule has 1 aromatic carbocycles. The summed E-state index contributed by atoms with van der Waals surface area (Å²) in [5, 5.41) is 0. The molecule has 1 nitrogen and oxygen atoms in total. The monoisotopic (exact) mass is 345 g/mol. The quantitative estimate of drug-likeness (QED) is 0.641. The molecule has 0 radical (unpaired) electrons. The van der Waals surface area contributed by atoms with Crippen molar-refractivity contribution in [2.24, 2.45) is 11.7 Å². The van der Waals surface area contributed by atoms with Crippen molar-refractivity contribution in [3.8, 4) is 0 Å². The molecule has 0 spiro atoms. The average molecular weight is 346 g/mol. The fourth-order valence-electron chi connectivity index (χ4n) is 4.61. The normalized spacial score (nSPS) is 29.6. The van der Waals surface area contributed by atoms with Gasteiger partial charge < -0.3 is 5.73 Å². The molecule has 0 aliphatic heterocycles. The fourth-order valence-corrected chi connectivity index (χ4v) is 5.60. The Hall–Kier alpha value is -0.470. The highest BCUT2D eigenvalue weighted by atomic mass is 32.2. The van der Waals surface area contributed by atoms with Gasteiger partial charge in [0.2, 0.25) is 0 Å². The number of nitrogens with two attached hydrogens (primary N) is 1. The molecule has 24 heavy (non-hydrogen) atoms. The van der Waals surface area contributed by atoms with E-state index in [4.69, 9.17) is 5.73 Å².